The van der Waals surface area contributed by atoms with E-state index in [1.165, 1.54) is 0 Å². The van der Waals surface area contributed by atoms with Crippen LogP contribution in [-0.2, 0) is 10.9 Å². The molecule has 1 aromatic carbocycles. The minimum atomic E-state index is -4.66. The molecular weight excluding hydrogens is 403 g/mol. The van der Waals surface area contributed by atoms with E-state index < -0.39 is 17.8 Å². The molecule has 0 saturated carbocycles. The van der Waals surface area contributed by atoms with Crippen LogP contribution in [0.5, 0.6) is 0 Å². The van der Waals surface area contributed by atoms with Crippen LogP contribution in [-0.4, -0.2) is 27.2 Å². The van der Waals surface area contributed by atoms with Crippen molar-refractivity contribution in [2.24, 2.45) is 0 Å². The van der Waals surface area contributed by atoms with Gasteiger partial charge in [-0.3, -0.25) is 0 Å². The highest BCUT2D eigenvalue weighted by Gasteiger charge is 2.36. The average molecular weight is 414 g/mol. The molecule has 3 aromatic rings. The van der Waals surface area contributed by atoms with E-state index in [0.717, 1.165) is 16.7 Å². The second kappa shape index (κ2) is 6.47. The van der Waals surface area contributed by atoms with Gasteiger partial charge in [-0.2, -0.15) is 18.3 Å². The molecule has 0 unspecified atom stereocenters. The number of carbonyl (C=O) groups is 1. The highest BCUT2D eigenvalue weighted by molar-refractivity contribution is 9.10. The molecular formula is C16H11BrF3N3O2. The second-order valence-electron chi connectivity index (χ2n) is 5.05. The first-order valence-electron chi connectivity index (χ1n) is 7.20. The highest BCUT2D eigenvalue weighted by atomic mass is 79.9. The van der Waals surface area contributed by atoms with Crippen LogP contribution in [0.15, 0.2) is 41.0 Å². The van der Waals surface area contributed by atoms with Crippen LogP contribution in [0.2, 0.25) is 0 Å². The summed E-state index contributed by atoms with van der Waals surface area (Å²) in [6.07, 6.45) is -3.63. The number of aromatic nitrogens is 3. The summed E-state index contributed by atoms with van der Waals surface area (Å²) in [5.41, 5.74) is -0.783. The minimum Gasteiger partial charge on any atom is -0.462 e. The van der Waals surface area contributed by atoms with Crippen molar-refractivity contribution in [3.05, 3.63) is 52.3 Å². The number of alkyl halides is 3. The molecule has 0 spiro atoms. The molecule has 0 aliphatic carbocycles. The quantitative estimate of drug-likeness (QED) is 0.598. The topological polar surface area (TPSA) is 56.5 Å². The molecule has 0 N–H and O–H groups in total. The van der Waals surface area contributed by atoms with Gasteiger partial charge in [-0.05, 0) is 25.1 Å². The van der Waals surface area contributed by atoms with E-state index in [0.29, 0.717) is 10.1 Å². The maximum absolute atomic E-state index is 13.4. The van der Waals surface area contributed by atoms with E-state index in [9.17, 15) is 18.0 Å². The van der Waals surface area contributed by atoms with Gasteiger partial charge in [0.1, 0.15) is 5.56 Å². The van der Waals surface area contributed by atoms with E-state index in [1.54, 1.807) is 31.2 Å². The fourth-order valence-electron chi connectivity index (χ4n) is 2.29. The number of hydrogen-bond donors (Lipinski definition) is 0. The van der Waals surface area contributed by atoms with Gasteiger partial charge in [-0.1, -0.05) is 28.1 Å². The summed E-state index contributed by atoms with van der Waals surface area (Å²) >= 11 is 3.27. The number of esters is 1. The Morgan fingerprint density at radius 2 is 1.96 bits per heavy atom. The first-order valence-corrected chi connectivity index (χ1v) is 7.99. The molecule has 3 rings (SSSR count). The first kappa shape index (κ1) is 17.4. The molecule has 2 heterocycles. The summed E-state index contributed by atoms with van der Waals surface area (Å²) in [6.45, 7) is 1.69. The summed E-state index contributed by atoms with van der Waals surface area (Å²) in [4.78, 5) is 16.2. The summed E-state index contributed by atoms with van der Waals surface area (Å²) in [7, 11) is 0. The normalized spacial score (nSPS) is 11.7. The monoisotopic (exact) mass is 413 g/mol. The number of nitrogens with zero attached hydrogens (tertiary/aromatic N) is 3. The Morgan fingerprint density at radius 3 is 2.56 bits per heavy atom. The first-order chi connectivity index (χ1) is 11.8. The lowest BCUT2D eigenvalue weighted by atomic mass is 10.1. The minimum absolute atomic E-state index is 0.0818. The summed E-state index contributed by atoms with van der Waals surface area (Å²) < 4.78 is 46.5. The standard InChI is InChI=1S/C16H11BrF3N3O2/c1-2-25-15(24)11-8-21-23-13(16(18,19)20)7-12(22-14(11)23)9-3-5-10(17)6-4-9/h3-8H,2H2,1H3. The molecule has 0 saturated heterocycles. The lowest BCUT2D eigenvalue weighted by molar-refractivity contribution is -0.142. The molecule has 130 valence electrons. The second-order valence-corrected chi connectivity index (χ2v) is 5.96. The van der Waals surface area contributed by atoms with Gasteiger partial charge < -0.3 is 4.74 Å². The van der Waals surface area contributed by atoms with Crippen LogP contribution in [0.1, 0.15) is 23.0 Å². The summed E-state index contributed by atoms with van der Waals surface area (Å²) in [6, 6.07) is 7.54. The van der Waals surface area contributed by atoms with Gasteiger partial charge in [0.05, 0.1) is 18.5 Å². The number of carbonyl (C=O) groups excluding carboxylic acids is 1. The Morgan fingerprint density at radius 1 is 1.28 bits per heavy atom. The van der Waals surface area contributed by atoms with Crippen LogP contribution in [0, 0.1) is 0 Å². The lowest BCUT2D eigenvalue weighted by Gasteiger charge is -2.11. The van der Waals surface area contributed by atoms with Crippen molar-refractivity contribution in [1.29, 1.82) is 0 Å². The molecule has 5 nitrogen and oxygen atoms in total. The molecule has 9 heteroatoms. The van der Waals surface area contributed by atoms with Crippen LogP contribution in [0.25, 0.3) is 16.9 Å². The van der Waals surface area contributed by atoms with Crippen LogP contribution in [0.3, 0.4) is 0 Å². The third-order valence-corrected chi connectivity index (χ3v) is 3.93. The molecule has 25 heavy (non-hydrogen) atoms. The predicted molar refractivity (Wildman–Crippen MR) is 87.1 cm³/mol. The number of fused-ring (bicyclic) bond motifs is 1. The number of rotatable bonds is 3. The Balaban J connectivity index is 2.26. The molecule has 0 aliphatic rings. The SMILES string of the molecule is CCOC(=O)c1cnn2c(C(F)(F)F)cc(-c3ccc(Br)cc3)nc12. The summed E-state index contributed by atoms with van der Waals surface area (Å²) in [5, 5.41) is 3.66. The third-order valence-electron chi connectivity index (χ3n) is 3.40. The number of ether oxygens (including phenoxy) is 1. The van der Waals surface area contributed by atoms with Crippen molar-refractivity contribution >= 4 is 27.5 Å². The molecule has 0 amide bonds. The number of benzene rings is 1. The average Bonchev–Trinajstić information content (AvgIpc) is 2.97. The van der Waals surface area contributed by atoms with E-state index in [1.807, 2.05) is 0 Å². The van der Waals surface area contributed by atoms with Crippen LogP contribution < -0.4 is 0 Å². The molecule has 0 fully saturated rings. The van der Waals surface area contributed by atoms with Crippen molar-refractivity contribution in [1.82, 2.24) is 14.6 Å². The molecule has 0 aliphatic heterocycles. The largest absolute Gasteiger partial charge is 0.462 e. The zero-order valence-corrected chi connectivity index (χ0v) is 14.4. The molecule has 0 bridgehead atoms. The van der Waals surface area contributed by atoms with Gasteiger partial charge in [-0.15, -0.1) is 0 Å². The summed E-state index contributed by atoms with van der Waals surface area (Å²) in [5.74, 6) is -0.772. The van der Waals surface area contributed by atoms with Gasteiger partial charge in [0.15, 0.2) is 11.3 Å². The Kier molecular flexibility index (Phi) is 4.51. The van der Waals surface area contributed by atoms with Gasteiger partial charge in [0.25, 0.3) is 0 Å². The molecule has 0 radical (unpaired) electrons. The molecule has 0 atom stereocenters. The van der Waals surface area contributed by atoms with E-state index in [4.69, 9.17) is 4.74 Å². The molecule has 2 aromatic heterocycles. The van der Waals surface area contributed by atoms with E-state index in [2.05, 4.69) is 26.0 Å². The van der Waals surface area contributed by atoms with E-state index >= 15 is 0 Å². The van der Waals surface area contributed by atoms with Crippen molar-refractivity contribution in [3.63, 3.8) is 0 Å². The van der Waals surface area contributed by atoms with Crippen molar-refractivity contribution in [2.45, 2.75) is 13.1 Å². The Hall–Kier alpha value is -2.42. The predicted octanol–water partition coefficient (Wildman–Crippen LogP) is 4.35. The lowest BCUT2D eigenvalue weighted by Crippen LogP contribution is -2.14. The zero-order valence-electron chi connectivity index (χ0n) is 12.8. The van der Waals surface area contributed by atoms with Gasteiger partial charge in [0.2, 0.25) is 0 Å². The maximum Gasteiger partial charge on any atom is 0.433 e. The van der Waals surface area contributed by atoms with Crippen molar-refractivity contribution < 1.29 is 22.7 Å². The smallest absolute Gasteiger partial charge is 0.433 e. The fourth-order valence-corrected chi connectivity index (χ4v) is 2.55. The Labute approximate surface area is 148 Å². The van der Waals surface area contributed by atoms with Crippen LogP contribution in [0.4, 0.5) is 13.2 Å². The zero-order chi connectivity index (χ0) is 18.2. The Bertz CT molecular complexity index is 936. The fraction of sp³-hybridized carbons (Fsp3) is 0.188. The third kappa shape index (κ3) is 3.37. The number of hydrogen-bond acceptors (Lipinski definition) is 4. The van der Waals surface area contributed by atoms with Gasteiger partial charge >= 0.3 is 12.1 Å². The van der Waals surface area contributed by atoms with Crippen molar-refractivity contribution in [2.75, 3.05) is 6.61 Å². The van der Waals surface area contributed by atoms with Gasteiger partial charge in [-0.25, -0.2) is 14.3 Å². The van der Waals surface area contributed by atoms with Crippen molar-refractivity contribution in [3.8, 4) is 11.3 Å². The van der Waals surface area contributed by atoms with Gasteiger partial charge in [0, 0.05) is 10.0 Å². The maximum atomic E-state index is 13.4. The highest BCUT2D eigenvalue weighted by Crippen LogP contribution is 2.33. The van der Waals surface area contributed by atoms with E-state index in [-0.39, 0.29) is 23.5 Å². The van der Waals surface area contributed by atoms with Crippen LogP contribution >= 0.6 is 15.9 Å². The number of halogens is 4.